The first-order chi connectivity index (χ1) is 5.66. The van der Waals surface area contributed by atoms with Gasteiger partial charge in [-0.2, -0.15) is 0 Å². The zero-order chi connectivity index (χ0) is 9.14. The number of ketones is 1. The van der Waals surface area contributed by atoms with Crippen LogP contribution in [0.4, 0.5) is 0 Å². The Kier molecular flexibility index (Phi) is 2.93. The maximum Gasteiger partial charge on any atom is 0.162 e. The summed E-state index contributed by atoms with van der Waals surface area (Å²) in [7, 11) is 0. The van der Waals surface area contributed by atoms with Crippen LogP contribution in [0.5, 0.6) is 0 Å². The van der Waals surface area contributed by atoms with Crippen LogP contribution in [0, 0.1) is 6.92 Å². The van der Waals surface area contributed by atoms with Gasteiger partial charge in [-0.1, -0.05) is 19.1 Å². The molecule has 1 aromatic carbocycles. The second kappa shape index (κ2) is 3.76. The summed E-state index contributed by atoms with van der Waals surface area (Å²) in [6, 6.07) is 5.60. The van der Waals surface area contributed by atoms with Gasteiger partial charge >= 0.3 is 0 Å². The van der Waals surface area contributed by atoms with Crippen LogP contribution in [0.3, 0.4) is 0 Å². The molecule has 64 valence electrons. The summed E-state index contributed by atoms with van der Waals surface area (Å²) in [6.45, 7) is 3.79. The molecule has 0 atom stereocenters. The van der Waals surface area contributed by atoms with Gasteiger partial charge in [0, 0.05) is 16.9 Å². The number of thiol groups is 1. The molecule has 0 saturated heterocycles. The van der Waals surface area contributed by atoms with E-state index in [0.29, 0.717) is 6.42 Å². The zero-order valence-electron chi connectivity index (χ0n) is 7.29. The van der Waals surface area contributed by atoms with Crippen LogP contribution in [0.2, 0.25) is 0 Å². The van der Waals surface area contributed by atoms with Crippen molar-refractivity contribution in [3.63, 3.8) is 0 Å². The smallest absolute Gasteiger partial charge is 0.162 e. The molecule has 0 unspecified atom stereocenters. The lowest BCUT2D eigenvalue weighted by Gasteiger charge is -2.04. The van der Waals surface area contributed by atoms with Crippen LogP contribution >= 0.6 is 12.6 Å². The summed E-state index contributed by atoms with van der Waals surface area (Å²) < 4.78 is 0. The summed E-state index contributed by atoms with van der Waals surface area (Å²) >= 11 is 4.25. The fraction of sp³-hybridized carbons (Fsp3) is 0.300. The molecule has 1 rings (SSSR count). The summed E-state index contributed by atoms with van der Waals surface area (Å²) in [5.74, 6) is 0.184. The Balaban J connectivity index is 3.16. The third-order valence-corrected chi connectivity index (χ3v) is 2.41. The Morgan fingerprint density at radius 2 is 2.17 bits per heavy atom. The monoisotopic (exact) mass is 180 g/mol. The second-order valence-corrected chi connectivity index (χ2v) is 3.21. The number of carbonyl (C=O) groups excluding carboxylic acids is 1. The summed E-state index contributed by atoms with van der Waals surface area (Å²) in [5.41, 5.74) is 1.78. The van der Waals surface area contributed by atoms with Gasteiger partial charge in [0.1, 0.15) is 0 Å². The largest absolute Gasteiger partial charge is 0.294 e. The highest BCUT2D eigenvalue weighted by Gasteiger charge is 2.07. The predicted molar refractivity (Wildman–Crippen MR) is 53.1 cm³/mol. The Morgan fingerprint density at radius 3 is 2.75 bits per heavy atom. The minimum absolute atomic E-state index is 0.184. The van der Waals surface area contributed by atoms with Crippen molar-refractivity contribution in [2.24, 2.45) is 0 Å². The number of Topliss-reactive ketones (excluding diaryl/α,β-unsaturated/α-hetero) is 1. The minimum Gasteiger partial charge on any atom is -0.294 e. The average Bonchev–Trinajstić information content (AvgIpc) is 2.08. The molecule has 12 heavy (non-hydrogen) atoms. The van der Waals surface area contributed by atoms with Crippen molar-refractivity contribution in [3.8, 4) is 0 Å². The lowest BCUT2D eigenvalue weighted by molar-refractivity contribution is 0.0987. The van der Waals surface area contributed by atoms with Crippen LogP contribution in [0.25, 0.3) is 0 Å². The van der Waals surface area contributed by atoms with E-state index >= 15 is 0 Å². The van der Waals surface area contributed by atoms with E-state index in [1.807, 2.05) is 32.0 Å². The number of carbonyl (C=O) groups is 1. The van der Waals surface area contributed by atoms with E-state index in [0.717, 1.165) is 16.0 Å². The predicted octanol–water partition coefficient (Wildman–Crippen LogP) is 2.88. The molecule has 0 heterocycles. The molecule has 0 aliphatic heterocycles. The molecule has 2 heteroatoms. The standard InChI is InChI=1S/C10H12OS/c1-3-9(11)8-5-4-6-10(12)7(8)2/h4-6,12H,3H2,1-2H3. The van der Waals surface area contributed by atoms with Crippen LogP contribution in [-0.4, -0.2) is 5.78 Å². The summed E-state index contributed by atoms with van der Waals surface area (Å²) in [6.07, 6.45) is 0.554. The molecule has 0 radical (unpaired) electrons. The van der Waals surface area contributed by atoms with Gasteiger partial charge in [-0.05, 0) is 18.6 Å². The molecule has 0 aliphatic rings. The van der Waals surface area contributed by atoms with Gasteiger partial charge in [-0.15, -0.1) is 12.6 Å². The van der Waals surface area contributed by atoms with Gasteiger partial charge in [0.2, 0.25) is 0 Å². The first kappa shape index (κ1) is 9.33. The Bertz CT molecular complexity index is 305. The number of hydrogen-bond acceptors (Lipinski definition) is 2. The molecule has 0 fully saturated rings. The third-order valence-electron chi connectivity index (χ3n) is 1.93. The molecular formula is C10H12OS. The first-order valence-electron chi connectivity index (χ1n) is 3.98. The van der Waals surface area contributed by atoms with Crippen LogP contribution < -0.4 is 0 Å². The van der Waals surface area contributed by atoms with E-state index in [1.165, 1.54) is 0 Å². The van der Waals surface area contributed by atoms with Crippen molar-refractivity contribution in [1.29, 1.82) is 0 Å². The van der Waals surface area contributed by atoms with E-state index in [4.69, 9.17) is 0 Å². The molecule has 0 bridgehead atoms. The zero-order valence-corrected chi connectivity index (χ0v) is 8.19. The maximum absolute atomic E-state index is 11.4. The van der Waals surface area contributed by atoms with Crippen LogP contribution in [0.1, 0.15) is 29.3 Å². The number of hydrogen-bond donors (Lipinski definition) is 1. The van der Waals surface area contributed by atoms with E-state index in [2.05, 4.69) is 12.6 Å². The quantitative estimate of drug-likeness (QED) is 0.547. The fourth-order valence-corrected chi connectivity index (χ4v) is 1.32. The van der Waals surface area contributed by atoms with E-state index in [9.17, 15) is 4.79 Å². The van der Waals surface area contributed by atoms with Gasteiger partial charge in [-0.3, -0.25) is 4.79 Å². The molecule has 0 amide bonds. The summed E-state index contributed by atoms with van der Waals surface area (Å²) in [4.78, 5) is 12.2. The molecular weight excluding hydrogens is 168 g/mol. The highest BCUT2D eigenvalue weighted by atomic mass is 32.1. The van der Waals surface area contributed by atoms with Crippen LogP contribution in [-0.2, 0) is 0 Å². The summed E-state index contributed by atoms with van der Waals surface area (Å²) in [5, 5.41) is 0. The fourth-order valence-electron chi connectivity index (χ4n) is 1.12. The van der Waals surface area contributed by atoms with Crippen LogP contribution in [0.15, 0.2) is 23.1 Å². The molecule has 0 saturated carbocycles. The number of rotatable bonds is 2. The van der Waals surface area contributed by atoms with Crippen molar-refractivity contribution < 1.29 is 4.79 Å². The van der Waals surface area contributed by atoms with Crippen molar-refractivity contribution in [3.05, 3.63) is 29.3 Å². The van der Waals surface area contributed by atoms with Crippen molar-refractivity contribution >= 4 is 18.4 Å². The van der Waals surface area contributed by atoms with Crippen molar-refractivity contribution in [1.82, 2.24) is 0 Å². The highest BCUT2D eigenvalue weighted by Crippen LogP contribution is 2.18. The highest BCUT2D eigenvalue weighted by molar-refractivity contribution is 7.80. The average molecular weight is 180 g/mol. The third kappa shape index (κ3) is 1.69. The lowest BCUT2D eigenvalue weighted by atomic mass is 10.0. The first-order valence-corrected chi connectivity index (χ1v) is 4.43. The van der Waals surface area contributed by atoms with E-state index in [-0.39, 0.29) is 5.78 Å². The van der Waals surface area contributed by atoms with Gasteiger partial charge in [0.15, 0.2) is 5.78 Å². The normalized spacial score (nSPS) is 9.92. The van der Waals surface area contributed by atoms with Gasteiger partial charge in [-0.25, -0.2) is 0 Å². The molecule has 0 aliphatic carbocycles. The molecule has 1 aromatic rings. The molecule has 1 nitrogen and oxygen atoms in total. The number of benzene rings is 1. The Hall–Kier alpha value is -0.760. The van der Waals surface area contributed by atoms with Crippen molar-refractivity contribution in [2.75, 3.05) is 0 Å². The van der Waals surface area contributed by atoms with Gasteiger partial charge in [0.25, 0.3) is 0 Å². The second-order valence-electron chi connectivity index (χ2n) is 2.73. The SMILES string of the molecule is CCC(=O)c1cccc(S)c1C. The van der Waals surface area contributed by atoms with Gasteiger partial charge < -0.3 is 0 Å². The minimum atomic E-state index is 0.184. The van der Waals surface area contributed by atoms with E-state index in [1.54, 1.807) is 0 Å². The lowest BCUT2D eigenvalue weighted by Crippen LogP contribution is -1.99. The van der Waals surface area contributed by atoms with Crippen molar-refractivity contribution in [2.45, 2.75) is 25.2 Å². The molecule has 0 N–H and O–H groups in total. The Labute approximate surface area is 78.2 Å². The maximum atomic E-state index is 11.4. The topological polar surface area (TPSA) is 17.1 Å². The molecule has 0 aromatic heterocycles. The van der Waals surface area contributed by atoms with Gasteiger partial charge in [0.05, 0.1) is 0 Å². The Morgan fingerprint density at radius 1 is 1.50 bits per heavy atom. The van der Waals surface area contributed by atoms with E-state index < -0.39 is 0 Å². The molecule has 0 spiro atoms.